The van der Waals surface area contributed by atoms with E-state index < -0.39 is 5.82 Å². The van der Waals surface area contributed by atoms with Crippen molar-refractivity contribution in [2.24, 2.45) is 17.6 Å². The van der Waals surface area contributed by atoms with Crippen LogP contribution >= 0.6 is 12.2 Å². The van der Waals surface area contributed by atoms with E-state index in [2.05, 4.69) is 13.8 Å². The Morgan fingerprint density at radius 2 is 1.89 bits per heavy atom. The van der Waals surface area contributed by atoms with Crippen molar-refractivity contribution < 1.29 is 9.13 Å². The highest BCUT2D eigenvalue weighted by Gasteiger charge is 2.25. The molecule has 1 aliphatic carbocycles. The average Bonchev–Trinajstić information content (AvgIpc) is 2.26. The normalized spacial score (nSPS) is 27.0. The largest absolute Gasteiger partial charge is 0.490 e. The summed E-state index contributed by atoms with van der Waals surface area (Å²) in [7, 11) is 0. The van der Waals surface area contributed by atoms with Crippen LogP contribution in [0.3, 0.4) is 0 Å². The predicted octanol–water partition coefficient (Wildman–Crippen LogP) is 3.66. The summed E-state index contributed by atoms with van der Waals surface area (Å²) < 4.78 is 19.6. The molecule has 0 aromatic heterocycles. The van der Waals surface area contributed by atoms with Crippen molar-refractivity contribution in [2.75, 3.05) is 0 Å². The molecule has 2 unspecified atom stereocenters. The minimum Gasteiger partial charge on any atom is -0.490 e. The van der Waals surface area contributed by atoms with E-state index in [4.69, 9.17) is 22.7 Å². The molecule has 1 fully saturated rings. The van der Waals surface area contributed by atoms with Crippen molar-refractivity contribution in [3.8, 4) is 5.75 Å². The van der Waals surface area contributed by atoms with Crippen LogP contribution in [0.4, 0.5) is 4.39 Å². The van der Waals surface area contributed by atoms with Gasteiger partial charge in [-0.1, -0.05) is 26.1 Å². The topological polar surface area (TPSA) is 35.2 Å². The molecule has 1 aromatic carbocycles. The van der Waals surface area contributed by atoms with Crippen molar-refractivity contribution in [1.29, 1.82) is 0 Å². The van der Waals surface area contributed by atoms with Crippen molar-refractivity contribution in [2.45, 2.75) is 39.2 Å². The summed E-state index contributed by atoms with van der Waals surface area (Å²) in [6.07, 6.45) is 3.48. The SMILES string of the molecule is CC1CC(C)CC(Oc2ccc(C(N)=S)c(F)c2)C1. The third-order valence-corrected chi connectivity index (χ3v) is 3.86. The fourth-order valence-electron chi connectivity index (χ4n) is 2.93. The second kappa shape index (κ2) is 5.87. The first kappa shape index (κ1) is 14.3. The molecule has 0 heterocycles. The van der Waals surface area contributed by atoms with Gasteiger partial charge in [0.25, 0.3) is 0 Å². The number of rotatable bonds is 3. The highest BCUT2D eigenvalue weighted by Crippen LogP contribution is 2.31. The Kier molecular flexibility index (Phi) is 4.40. The highest BCUT2D eigenvalue weighted by atomic mass is 32.1. The van der Waals surface area contributed by atoms with Crippen LogP contribution in [0.5, 0.6) is 5.75 Å². The summed E-state index contributed by atoms with van der Waals surface area (Å²) in [6, 6.07) is 4.70. The molecule has 0 saturated heterocycles. The second-order valence-electron chi connectivity index (χ2n) is 5.66. The third-order valence-electron chi connectivity index (χ3n) is 3.64. The van der Waals surface area contributed by atoms with Gasteiger partial charge in [-0.05, 0) is 43.2 Å². The molecule has 0 radical (unpaired) electrons. The van der Waals surface area contributed by atoms with Crippen LogP contribution in [0.2, 0.25) is 0 Å². The first-order chi connectivity index (χ1) is 8.95. The number of nitrogens with two attached hydrogens (primary N) is 1. The molecule has 2 N–H and O–H groups in total. The Balaban J connectivity index is 2.07. The summed E-state index contributed by atoms with van der Waals surface area (Å²) >= 11 is 4.78. The number of halogens is 1. The summed E-state index contributed by atoms with van der Waals surface area (Å²) in [5, 5.41) is 0. The number of benzene rings is 1. The molecule has 2 nitrogen and oxygen atoms in total. The van der Waals surface area contributed by atoms with Crippen LogP contribution in [0.15, 0.2) is 18.2 Å². The minimum atomic E-state index is -0.415. The first-order valence-corrected chi connectivity index (χ1v) is 7.12. The molecule has 1 aliphatic rings. The molecule has 0 amide bonds. The van der Waals surface area contributed by atoms with Gasteiger partial charge >= 0.3 is 0 Å². The van der Waals surface area contributed by atoms with Crippen LogP contribution < -0.4 is 10.5 Å². The monoisotopic (exact) mass is 281 g/mol. The zero-order chi connectivity index (χ0) is 14.0. The van der Waals surface area contributed by atoms with Gasteiger partial charge in [0.1, 0.15) is 16.6 Å². The van der Waals surface area contributed by atoms with Crippen LogP contribution in [0, 0.1) is 17.7 Å². The van der Waals surface area contributed by atoms with Crippen LogP contribution in [0.1, 0.15) is 38.7 Å². The standard InChI is InChI=1S/C15H20FNOS/c1-9-5-10(2)7-12(6-9)18-11-3-4-13(15(17)19)14(16)8-11/h3-4,8-10,12H,5-7H2,1-2H3,(H2,17,19). The van der Waals surface area contributed by atoms with Gasteiger partial charge in [0.15, 0.2) is 0 Å². The summed E-state index contributed by atoms with van der Waals surface area (Å²) in [5.74, 6) is 1.47. The van der Waals surface area contributed by atoms with E-state index in [1.807, 2.05) is 0 Å². The summed E-state index contributed by atoms with van der Waals surface area (Å²) in [5.41, 5.74) is 5.71. The van der Waals surface area contributed by atoms with Crippen molar-refractivity contribution in [3.05, 3.63) is 29.6 Å². The molecule has 2 rings (SSSR count). The van der Waals surface area contributed by atoms with E-state index in [-0.39, 0.29) is 16.7 Å². The Morgan fingerprint density at radius 3 is 2.42 bits per heavy atom. The molecular formula is C15H20FNOS. The van der Waals surface area contributed by atoms with Crippen molar-refractivity contribution >= 4 is 17.2 Å². The number of ether oxygens (including phenoxy) is 1. The molecule has 0 spiro atoms. The summed E-state index contributed by atoms with van der Waals surface area (Å²) in [4.78, 5) is 0.0731. The maximum Gasteiger partial charge on any atom is 0.137 e. The lowest BCUT2D eigenvalue weighted by Gasteiger charge is -2.31. The van der Waals surface area contributed by atoms with E-state index in [9.17, 15) is 4.39 Å². The Morgan fingerprint density at radius 1 is 1.26 bits per heavy atom. The summed E-state index contributed by atoms with van der Waals surface area (Å²) in [6.45, 7) is 4.48. The van der Waals surface area contributed by atoms with Gasteiger partial charge in [-0.2, -0.15) is 0 Å². The number of thiocarbonyl (C=S) groups is 1. The zero-order valence-corrected chi connectivity index (χ0v) is 12.2. The van der Waals surface area contributed by atoms with Crippen LogP contribution in [0.25, 0.3) is 0 Å². The zero-order valence-electron chi connectivity index (χ0n) is 11.4. The van der Waals surface area contributed by atoms with Crippen LogP contribution in [-0.2, 0) is 0 Å². The lowest BCUT2D eigenvalue weighted by Crippen LogP contribution is -2.28. The molecule has 4 heteroatoms. The van der Waals surface area contributed by atoms with Crippen LogP contribution in [-0.4, -0.2) is 11.1 Å². The first-order valence-electron chi connectivity index (χ1n) is 6.71. The van der Waals surface area contributed by atoms with E-state index in [0.29, 0.717) is 17.6 Å². The maximum atomic E-state index is 13.8. The van der Waals surface area contributed by atoms with E-state index in [1.165, 1.54) is 12.5 Å². The maximum absolute atomic E-state index is 13.8. The smallest absolute Gasteiger partial charge is 0.137 e. The Labute approximate surface area is 119 Å². The van der Waals surface area contributed by atoms with Gasteiger partial charge in [-0.15, -0.1) is 0 Å². The molecule has 19 heavy (non-hydrogen) atoms. The quantitative estimate of drug-likeness (QED) is 0.859. The van der Waals surface area contributed by atoms with Gasteiger partial charge in [0, 0.05) is 11.6 Å². The minimum absolute atomic E-state index is 0.0731. The molecule has 0 bridgehead atoms. The molecule has 1 saturated carbocycles. The molecular weight excluding hydrogens is 261 g/mol. The van der Waals surface area contributed by atoms with E-state index in [1.54, 1.807) is 12.1 Å². The van der Waals surface area contributed by atoms with Gasteiger partial charge in [-0.25, -0.2) is 4.39 Å². The third kappa shape index (κ3) is 3.66. The lowest BCUT2D eigenvalue weighted by molar-refractivity contribution is 0.101. The van der Waals surface area contributed by atoms with Crippen molar-refractivity contribution in [3.63, 3.8) is 0 Å². The predicted molar refractivity (Wildman–Crippen MR) is 78.9 cm³/mol. The van der Waals surface area contributed by atoms with E-state index >= 15 is 0 Å². The molecule has 1 aromatic rings. The van der Waals surface area contributed by atoms with E-state index in [0.717, 1.165) is 12.8 Å². The molecule has 0 aliphatic heterocycles. The number of hydrogen-bond donors (Lipinski definition) is 1. The van der Waals surface area contributed by atoms with Gasteiger partial charge in [0.05, 0.1) is 6.10 Å². The van der Waals surface area contributed by atoms with Gasteiger partial charge < -0.3 is 10.5 Å². The molecule has 2 atom stereocenters. The second-order valence-corrected chi connectivity index (χ2v) is 6.10. The average molecular weight is 281 g/mol. The van der Waals surface area contributed by atoms with Crippen molar-refractivity contribution in [1.82, 2.24) is 0 Å². The van der Waals surface area contributed by atoms with Gasteiger partial charge in [-0.3, -0.25) is 0 Å². The van der Waals surface area contributed by atoms with Gasteiger partial charge in [0.2, 0.25) is 0 Å². The Hall–Kier alpha value is -1.16. The molecule has 104 valence electrons. The highest BCUT2D eigenvalue weighted by molar-refractivity contribution is 7.80. The Bertz CT molecular complexity index is 467. The fraction of sp³-hybridized carbons (Fsp3) is 0.533. The lowest BCUT2D eigenvalue weighted by atomic mass is 9.82. The fourth-order valence-corrected chi connectivity index (χ4v) is 3.10. The number of hydrogen-bond acceptors (Lipinski definition) is 2.